The van der Waals surface area contributed by atoms with Crippen LogP contribution in [0.1, 0.15) is 112 Å². The summed E-state index contributed by atoms with van der Waals surface area (Å²) in [6.45, 7) is 8.69. The van der Waals surface area contributed by atoms with Gasteiger partial charge in [0, 0.05) is 42.5 Å². The van der Waals surface area contributed by atoms with Gasteiger partial charge < -0.3 is 41.4 Å². The Labute approximate surface area is 575 Å². The number of benzene rings is 3. The minimum Gasteiger partial charge on any atom is -0.253 e. The average Bonchev–Trinajstić information content (AvgIpc) is 0.668. The second kappa shape index (κ2) is 30.8. The van der Waals surface area contributed by atoms with Crippen molar-refractivity contribution in [1.82, 2.24) is 35.8 Å². The van der Waals surface area contributed by atoms with Gasteiger partial charge in [0.15, 0.2) is 11.2 Å². The quantitative estimate of drug-likeness (QED) is 0.00858. The number of anilines is 2. The molecule has 30 nitrogen and oxygen atoms in total. The molecule has 1 aliphatic heterocycles. The molecule has 3 aliphatic carbocycles. The zero-order valence-electron chi connectivity index (χ0n) is 54.4. The molecule has 2 aromatic heterocycles. The van der Waals surface area contributed by atoms with E-state index in [9.17, 15) is 68.4 Å². The molecule has 2 bridgehead atoms. The number of amides is 2. The summed E-state index contributed by atoms with van der Waals surface area (Å²) in [4.78, 5) is 165. The van der Waals surface area contributed by atoms with Crippen LogP contribution >= 0.6 is 21.6 Å². The van der Waals surface area contributed by atoms with Crippen molar-refractivity contribution in [2.24, 2.45) is 16.7 Å². The number of nitrogens with zero attached hydrogens (tertiary/aromatic N) is 3. The van der Waals surface area contributed by atoms with Gasteiger partial charge in [0.1, 0.15) is 12.1 Å². The Kier molecular flexibility index (Phi) is 23.0. The van der Waals surface area contributed by atoms with Crippen molar-refractivity contribution in [1.29, 1.82) is 0 Å². The van der Waals surface area contributed by atoms with Crippen LogP contribution < -0.4 is 32.5 Å². The topological polar surface area (TPSA) is 453 Å². The molecule has 2 saturated carbocycles. The molecule has 3 unspecified atom stereocenters. The Morgan fingerprint density at radius 3 is 2.14 bits per heavy atom. The van der Waals surface area contributed by atoms with Crippen LogP contribution in [-0.2, 0) is 73.3 Å². The van der Waals surface area contributed by atoms with Crippen LogP contribution in [-0.4, -0.2) is 192 Å². The predicted molar refractivity (Wildman–Crippen MR) is 356 cm³/mol. The van der Waals surface area contributed by atoms with Gasteiger partial charge in [-0.25, -0.2) is 19.6 Å². The number of carbonyl (C=O) groups excluding carboxylic acids is 8. The molecular weight excluding hydrogens is 1330 g/mol. The van der Waals surface area contributed by atoms with Gasteiger partial charge in [-0.1, -0.05) is 39.8 Å². The predicted octanol–water partition coefficient (Wildman–Crippen LogP) is 2.37. The second-order valence-electron chi connectivity index (χ2n) is 24.9. The summed E-state index contributed by atoms with van der Waals surface area (Å²) in [5.41, 5.74) is -2.12. The number of ketones is 1. The molecule has 99 heavy (non-hydrogen) atoms. The van der Waals surface area contributed by atoms with Crippen LogP contribution in [0.5, 0.6) is 0 Å². The number of aromatic amines is 1. The number of ether oxygens (including phenoxy) is 6. The number of rotatable bonds is 28. The molecule has 34 heteroatoms. The number of carboxylic acids is 2. The minimum absolute atomic E-state index is 0.0157. The number of nitrogens with one attached hydrogen (secondary N) is 5. The van der Waals surface area contributed by atoms with Crippen molar-refractivity contribution in [3.8, 4) is 0 Å². The number of fused-ring (bicyclic) bond motifs is 6. The molecule has 11 N–H and O–H groups in total. The van der Waals surface area contributed by atoms with Gasteiger partial charge in [0.2, 0.25) is 11.9 Å². The van der Waals surface area contributed by atoms with E-state index in [0.29, 0.717) is 16.9 Å². The molecule has 3 fully saturated rings. The molecule has 3 heterocycles. The Bertz CT molecular complexity index is 4060. The van der Waals surface area contributed by atoms with E-state index >= 15 is 4.79 Å². The zero-order valence-corrected chi connectivity index (χ0v) is 56.0. The van der Waals surface area contributed by atoms with Gasteiger partial charge in [-0.2, -0.15) is 4.98 Å². The number of aliphatic carboxylic acids is 2. The van der Waals surface area contributed by atoms with Crippen molar-refractivity contribution >= 4 is 118 Å². The summed E-state index contributed by atoms with van der Waals surface area (Å²) in [7, 11) is 7.69. The van der Waals surface area contributed by atoms with Crippen molar-refractivity contribution in [2.75, 3.05) is 29.2 Å². The number of carbonyl (C=O) groups is 10. The Morgan fingerprint density at radius 1 is 0.838 bits per heavy atom. The van der Waals surface area contributed by atoms with E-state index in [0.717, 1.165) is 42.4 Å². The van der Waals surface area contributed by atoms with E-state index in [2.05, 4.69) is 41.1 Å². The minimum atomic E-state index is -2.54. The fourth-order valence-corrected chi connectivity index (χ4v) is 15.5. The molecule has 13 atom stereocenters. The van der Waals surface area contributed by atoms with Gasteiger partial charge in [-0.3, -0.25) is 29.0 Å². The number of carboxylic acid groups (broad SMARTS) is 2. The number of esters is 5. The van der Waals surface area contributed by atoms with Gasteiger partial charge >= 0.3 is 286 Å². The van der Waals surface area contributed by atoms with Crippen LogP contribution in [0, 0.1) is 16.7 Å². The van der Waals surface area contributed by atoms with Crippen LogP contribution in [0.15, 0.2) is 107 Å². The third-order valence-electron chi connectivity index (χ3n) is 18.4. The molecule has 9 rings (SSSR count). The fraction of sp³-hybridized carbons (Fsp3) is 0.446. The first-order valence-corrected chi connectivity index (χ1v) is 33.7. The summed E-state index contributed by atoms with van der Waals surface area (Å²) >= 11 is 0. The normalized spacial score (nSPS) is 24.7. The Hall–Kier alpha value is -9.37. The summed E-state index contributed by atoms with van der Waals surface area (Å²) in [5, 5.41) is 56.3. The first-order chi connectivity index (χ1) is 46.9. The smallest absolute Gasteiger partial charge is 0.253 e. The molecule has 0 spiro atoms. The van der Waals surface area contributed by atoms with Crippen molar-refractivity contribution < 1.29 is 96.8 Å². The number of hydrogen-bond donors (Lipinski definition) is 10. The molecule has 1 saturated heterocycles. The molecule has 3 aromatic carbocycles. The van der Waals surface area contributed by atoms with Gasteiger partial charge in [-0.15, -0.1) is 0 Å². The van der Waals surface area contributed by atoms with Crippen LogP contribution in [0.3, 0.4) is 0 Å². The first-order valence-electron chi connectivity index (χ1n) is 31.2. The molecule has 1 radical (unpaired) electrons. The standard InChI is InChI=1S/C65H72B2N9O21S2/c1-31-41(94-60(90)49(81)47(76-67-66)34-13-9-7-10-14-34)26-65(91)53(96-59(89)36-15-11-8-12-16-36)51-63(6,52(82)50(93-32(2)77)46(31)62(65,4)5)42(25-43-64(51,30-92-43)97-33(3)78)95-45(80)23-24-98-99-29-40(58(87)88)72-44(79)22-21-39(57(85)86)73-55(83)35-17-19-37(20-18-35)69-27-38-28-70-54-48(71-38)56(84)75-61(68)74-54/h7-20,28,39-43,47,49-51,53,69,76,81,91H,21-27,29-30H2,1-6H3,(H,72,79)(H,73,83)(H,85,86)(H,87,88)(H3,68,70,74,75,84)/t39?,40?,41-,42-,43+,47-,49+,50+,51?,53-,63+,64-,65+/m0/s1. The fourth-order valence-electron chi connectivity index (χ4n) is 13.4. The Balaban J connectivity index is 0.889. The number of aliphatic hydroxyl groups excluding tert-OH is 1. The van der Waals surface area contributed by atoms with E-state index in [-0.39, 0.29) is 63.9 Å². The number of Topliss-reactive ketones (excluding diaryl/α,β-unsaturated/α-hetero) is 1. The number of nitrogens with two attached hydrogens (primary N) is 1. The van der Waals surface area contributed by atoms with E-state index in [4.69, 9.17) is 41.5 Å². The SMILES string of the molecule is [B]=BN[C@@H](c1ccccc1)[C@@H](O)C(=O)O[C@H]1C[C@@]2(O)[C@@H](OC(=O)c3ccccc3)C3[C@](C)(C(=O)[C@H](OC(C)=O)C(=C1C)C2(C)C)[C@@H](OC(=O)CCSSCC(NC(=O)CCC(NC(=O)c1ccc(NCc2cnc4nc(N)[nH]c(=O)c4n2)cc1)C(=O)O)C(=O)O)C[C@H]1OC[C@@]31OC(C)=O. The van der Waals surface area contributed by atoms with E-state index in [1.54, 1.807) is 48.5 Å². The average molecular weight is 1400 g/mol. The summed E-state index contributed by atoms with van der Waals surface area (Å²) in [6, 6.07) is 17.6. The molecular formula is C65H72B2N9O21S2. The first kappa shape index (κ1) is 73.9. The zero-order chi connectivity index (χ0) is 71.9. The van der Waals surface area contributed by atoms with Gasteiger partial charge in [0.05, 0.1) is 24.9 Å². The number of aromatic nitrogens is 4. The van der Waals surface area contributed by atoms with E-state index in [1.807, 2.05) is 0 Å². The van der Waals surface area contributed by atoms with Crippen LogP contribution in [0.25, 0.3) is 11.2 Å². The summed E-state index contributed by atoms with van der Waals surface area (Å²) < 4.78 is 37.3. The third-order valence-corrected chi connectivity index (χ3v) is 20.8. The van der Waals surface area contributed by atoms with Crippen molar-refractivity contribution in [3.63, 3.8) is 0 Å². The summed E-state index contributed by atoms with van der Waals surface area (Å²) in [5.74, 6) is -12.8. The molecule has 4 aliphatic rings. The maximum atomic E-state index is 16.3. The van der Waals surface area contributed by atoms with Gasteiger partial charge in [-0.05, 0) is 42.8 Å². The summed E-state index contributed by atoms with van der Waals surface area (Å²) in [6.07, 6.45) is -11.2. The number of H-pyrrole nitrogens is 1. The van der Waals surface area contributed by atoms with Crippen LogP contribution in [0.4, 0.5) is 11.6 Å². The Morgan fingerprint density at radius 2 is 1.52 bits per heavy atom. The van der Waals surface area contributed by atoms with Crippen molar-refractivity contribution in [2.45, 2.75) is 146 Å². The number of nitrogen functional groups attached to an aromatic ring is 1. The van der Waals surface area contributed by atoms with E-state index < -0.39 is 180 Å². The van der Waals surface area contributed by atoms with Crippen LogP contribution in [0.2, 0.25) is 0 Å². The molecule has 521 valence electrons. The van der Waals surface area contributed by atoms with E-state index in [1.165, 1.54) is 70.3 Å². The molecule has 5 aromatic rings. The second-order valence-corrected chi connectivity index (χ2v) is 27.6. The molecule has 2 amide bonds. The monoisotopic (exact) mass is 1400 g/mol. The van der Waals surface area contributed by atoms with Gasteiger partial charge in [0.25, 0.3) is 11.5 Å². The third kappa shape index (κ3) is 15.7. The number of hydrogen-bond acceptors (Lipinski definition) is 27. The van der Waals surface area contributed by atoms with Crippen molar-refractivity contribution in [3.05, 3.63) is 135 Å². The number of aliphatic hydroxyl groups is 2. The maximum absolute atomic E-state index is 16.3.